The third-order valence-corrected chi connectivity index (χ3v) is 3.87. The highest BCUT2D eigenvalue weighted by molar-refractivity contribution is 5.27. The van der Waals surface area contributed by atoms with Crippen molar-refractivity contribution in [2.45, 2.75) is 45.4 Å². The van der Waals surface area contributed by atoms with Crippen LogP contribution in [0.25, 0.3) is 0 Å². The van der Waals surface area contributed by atoms with Crippen molar-refractivity contribution in [2.75, 3.05) is 26.8 Å². The van der Waals surface area contributed by atoms with Gasteiger partial charge >= 0.3 is 0 Å². The van der Waals surface area contributed by atoms with E-state index in [1.54, 1.807) is 7.11 Å². The molecular weight excluding hydrogens is 278 g/mol. The van der Waals surface area contributed by atoms with Crippen molar-refractivity contribution in [2.24, 2.45) is 5.92 Å². The molecule has 1 saturated carbocycles. The maximum atomic E-state index is 10.2. The highest BCUT2D eigenvalue weighted by Gasteiger charge is 2.25. The lowest BCUT2D eigenvalue weighted by molar-refractivity contribution is -0.0101. The van der Waals surface area contributed by atoms with Crippen LogP contribution in [0.15, 0.2) is 24.3 Å². The Balaban J connectivity index is 1.87. The molecule has 1 fully saturated rings. The molecule has 0 amide bonds. The summed E-state index contributed by atoms with van der Waals surface area (Å²) in [6.45, 7) is 6.97. The molecule has 0 bridgehead atoms. The first-order valence-corrected chi connectivity index (χ1v) is 8.21. The molecule has 0 radical (unpaired) electrons. The van der Waals surface area contributed by atoms with Gasteiger partial charge in [-0.05, 0) is 50.3 Å². The Morgan fingerprint density at radius 3 is 2.45 bits per heavy atom. The van der Waals surface area contributed by atoms with E-state index in [1.807, 2.05) is 26.0 Å². The van der Waals surface area contributed by atoms with Gasteiger partial charge in [-0.3, -0.25) is 4.90 Å². The normalized spacial score (nSPS) is 16.3. The van der Waals surface area contributed by atoms with Gasteiger partial charge < -0.3 is 14.6 Å². The second-order valence-electron chi connectivity index (χ2n) is 6.52. The molecule has 0 saturated heterocycles. The number of nitrogens with zero attached hydrogens (tertiary/aromatic N) is 1. The predicted molar refractivity (Wildman–Crippen MR) is 88.1 cm³/mol. The molecule has 0 spiro atoms. The standard InChI is InChI=1S/C18H29NO3/c1-14(2)22-13-17(20)12-19(10-15-4-5-15)11-16-6-8-18(21-3)9-7-16/h6-9,14-15,17,20H,4-5,10-13H2,1-3H3/t17-/m1/s1. The van der Waals surface area contributed by atoms with Crippen molar-refractivity contribution in [1.82, 2.24) is 4.90 Å². The number of hydrogen-bond donors (Lipinski definition) is 1. The van der Waals surface area contributed by atoms with Crippen LogP contribution in [0, 0.1) is 5.92 Å². The van der Waals surface area contributed by atoms with Crippen molar-refractivity contribution in [3.05, 3.63) is 29.8 Å². The second-order valence-corrected chi connectivity index (χ2v) is 6.52. The van der Waals surface area contributed by atoms with E-state index in [1.165, 1.54) is 18.4 Å². The fraction of sp³-hybridized carbons (Fsp3) is 0.667. The summed E-state index contributed by atoms with van der Waals surface area (Å²) < 4.78 is 10.7. The SMILES string of the molecule is COc1ccc(CN(CC2CC2)C[C@@H](O)COC(C)C)cc1. The Morgan fingerprint density at radius 2 is 1.91 bits per heavy atom. The zero-order valence-corrected chi connectivity index (χ0v) is 14.0. The maximum absolute atomic E-state index is 10.2. The van der Waals surface area contributed by atoms with Gasteiger partial charge in [0, 0.05) is 19.6 Å². The topological polar surface area (TPSA) is 41.9 Å². The molecule has 0 aliphatic heterocycles. The molecule has 22 heavy (non-hydrogen) atoms. The number of methoxy groups -OCH3 is 1. The van der Waals surface area contributed by atoms with Gasteiger partial charge in [0.2, 0.25) is 0 Å². The van der Waals surface area contributed by atoms with E-state index in [0.29, 0.717) is 13.2 Å². The van der Waals surface area contributed by atoms with E-state index in [9.17, 15) is 5.11 Å². The van der Waals surface area contributed by atoms with E-state index in [4.69, 9.17) is 9.47 Å². The maximum Gasteiger partial charge on any atom is 0.118 e. The minimum absolute atomic E-state index is 0.160. The molecule has 1 aliphatic rings. The molecule has 1 N–H and O–H groups in total. The summed E-state index contributed by atoms with van der Waals surface area (Å²) in [5.74, 6) is 1.68. The van der Waals surface area contributed by atoms with Crippen LogP contribution < -0.4 is 4.74 Å². The van der Waals surface area contributed by atoms with Gasteiger partial charge in [-0.1, -0.05) is 12.1 Å². The van der Waals surface area contributed by atoms with Gasteiger partial charge in [0.15, 0.2) is 0 Å². The Bertz CT molecular complexity index is 428. The third-order valence-electron chi connectivity index (χ3n) is 3.87. The molecule has 124 valence electrons. The summed E-state index contributed by atoms with van der Waals surface area (Å²) in [7, 11) is 1.68. The van der Waals surface area contributed by atoms with Gasteiger partial charge in [0.1, 0.15) is 5.75 Å². The predicted octanol–water partition coefficient (Wildman–Crippen LogP) is 2.69. The Morgan fingerprint density at radius 1 is 1.23 bits per heavy atom. The summed E-state index contributed by atoms with van der Waals surface area (Å²) >= 11 is 0. The smallest absolute Gasteiger partial charge is 0.118 e. The van der Waals surface area contributed by atoms with E-state index in [0.717, 1.165) is 24.8 Å². The number of benzene rings is 1. The fourth-order valence-electron chi connectivity index (χ4n) is 2.51. The monoisotopic (exact) mass is 307 g/mol. The number of rotatable bonds is 10. The number of ether oxygens (including phenoxy) is 2. The van der Waals surface area contributed by atoms with Crippen LogP contribution in [-0.2, 0) is 11.3 Å². The van der Waals surface area contributed by atoms with E-state index in [2.05, 4.69) is 17.0 Å². The Labute approximate surface area is 134 Å². The number of aliphatic hydroxyl groups is 1. The molecule has 1 aromatic rings. The summed E-state index contributed by atoms with van der Waals surface area (Å²) in [5, 5.41) is 10.2. The first-order valence-electron chi connectivity index (χ1n) is 8.21. The highest BCUT2D eigenvalue weighted by Crippen LogP contribution is 2.30. The van der Waals surface area contributed by atoms with Gasteiger partial charge in [-0.25, -0.2) is 0 Å². The Kier molecular flexibility index (Phi) is 6.68. The lowest BCUT2D eigenvalue weighted by Gasteiger charge is -2.25. The molecule has 2 rings (SSSR count). The van der Waals surface area contributed by atoms with Crippen LogP contribution in [0.3, 0.4) is 0 Å². The second kappa shape index (κ2) is 8.51. The van der Waals surface area contributed by atoms with E-state index in [-0.39, 0.29) is 6.10 Å². The molecule has 1 aliphatic carbocycles. The summed E-state index contributed by atoms with van der Waals surface area (Å²) in [6.07, 6.45) is 2.36. The zero-order valence-electron chi connectivity index (χ0n) is 14.0. The highest BCUT2D eigenvalue weighted by atomic mass is 16.5. The molecule has 4 heteroatoms. The molecular formula is C18H29NO3. The summed E-state index contributed by atoms with van der Waals surface area (Å²) in [5.41, 5.74) is 1.25. The molecule has 0 unspecified atom stereocenters. The minimum Gasteiger partial charge on any atom is -0.497 e. The van der Waals surface area contributed by atoms with Crippen LogP contribution in [-0.4, -0.2) is 49.0 Å². The average molecular weight is 307 g/mol. The summed E-state index contributed by atoms with van der Waals surface area (Å²) in [6, 6.07) is 8.16. The van der Waals surface area contributed by atoms with Crippen molar-refractivity contribution in [1.29, 1.82) is 0 Å². The van der Waals surface area contributed by atoms with Gasteiger partial charge in [-0.15, -0.1) is 0 Å². The van der Waals surface area contributed by atoms with Gasteiger partial charge in [-0.2, -0.15) is 0 Å². The van der Waals surface area contributed by atoms with E-state index < -0.39 is 6.10 Å². The van der Waals surface area contributed by atoms with Crippen molar-refractivity contribution >= 4 is 0 Å². The van der Waals surface area contributed by atoms with E-state index >= 15 is 0 Å². The zero-order chi connectivity index (χ0) is 15.9. The van der Waals surface area contributed by atoms with Crippen LogP contribution >= 0.6 is 0 Å². The van der Waals surface area contributed by atoms with Crippen molar-refractivity contribution < 1.29 is 14.6 Å². The van der Waals surface area contributed by atoms with Gasteiger partial charge in [0.05, 0.1) is 25.9 Å². The van der Waals surface area contributed by atoms with Crippen molar-refractivity contribution in [3.63, 3.8) is 0 Å². The average Bonchev–Trinajstić information content (AvgIpc) is 3.30. The van der Waals surface area contributed by atoms with Crippen LogP contribution in [0.5, 0.6) is 5.75 Å². The molecule has 4 nitrogen and oxygen atoms in total. The summed E-state index contributed by atoms with van der Waals surface area (Å²) in [4.78, 5) is 2.34. The quantitative estimate of drug-likeness (QED) is 0.721. The van der Waals surface area contributed by atoms with Crippen LogP contribution in [0.4, 0.5) is 0 Å². The molecule has 0 heterocycles. The minimum atomic E-state index is -0.431. The molecule has 0 aromatic heterocycles. The van der Waals surface area contributed by atoms with Crippen LogP contribution in [0.1, 0.15) is 32.3 Å². The lowest BCUT2D eigenvalue weighted by Crippen LogP contribution is -2.36. The first kappa shape index (κ1) is 17.3. The lowest BCUT2D eigenvalue weighted by atomic mass is 10.2. The molecule has 1 aromatic carbocycles. The third kappa shape index (κ3) is 6.34. The Hall–Kier alpha value is -1.10. The largest absolute Gasteiger partial charge is 0.497 e. The molecule has 1 atom stereocenters. The number of hydrogen-bond acceptors (Lipinski definition) is 4. The van der Waals surface area contributed by atoms with Crippen molar-refractivity contribution in [3.8, 4) is 5.75 Å². The van der Waals surface area contributed by atoms with Gasteiger partial charge in [0.25, 0.3) is 0 Å². The first-order chi connectivity index (χ1) is 10.6. The van der Waals surface area contributed by atoms with Crippen LogP contribution in [0.2, 0.25) is 0 Å². The fourth-order valence-corrected chi connectivity index (χ4v) is 2.51. The number of aliphatic hydroxyl groups excluding tert-OH is 1.